The summed E-state index contributed by atoms with van der Waals surface area (Å²) in [4.78, 5) is 11.5. The second kappa shape index (κ2) is 6.77. The van der Waals surface area contributed by atoms with Crippen molar-refractivity contribution in [3.8, 4) is 0 Å². The van der Waals surface area contributed by atoms with Gasteiger partial charge in [0.2, 0.25) is 0 Å². The molecule has 0 bridgehead atoms. The minimum absolute atomic E-state index is 0.382. The zero-order chi connectivity index (χ0) is 14.5. The van der Waals surface area contributed by atoms with Gasteiger partial charge in [0.15, 0.2) is 0 Å². The molecule has 0 saturated carbocycles. The van der Waals surface area contributed by atoms with E-state index in [0.717, 1.165) is 10.0 Å². The highest BCUT2D eigenvalue weighted by Crippen LogP contribution is 2.24. The fourth-order valence-electron chi connectivity index (χ4n) is 1.75. The van der Waals surface area contributed by atoms with Gasteiger partial charge in [0, 0.05) is 11.0 Å². The molecule has 2 aromatic carbocycles. The van der Waals surface area contributed by atoms with Crippen molar-refractivity contribution in [2.45, 2.75) is 6.54 Å². The number of methoxy groups -OCH3 is 1. The van der Waals surface area contributed by atoms with Crippen molar-refractivity contribution in [2.75, 3.05) is 12.4 Å². The third-order valence-corrected chi connectivity index (χ3v) is 3.58. The summed E-state index contributed by atoms with van der Waals surface area (Å²) in [6, 6.07) is 13.0. The molecule has 0 aliphatic rings. The Hall–Kier alpha value is -1.52. The molecule has 0 aliphatic heterocycles. The van der Waals surface area contributed by atoms with E-state index in [0.29, 0.717) is 22.8 Å². The second-order valence-corrected chi connectivity index (χ2v) is 5.49. The summed E-state index contributed by atoms with van der Waals surface area (Å²) in [5.41, 5.74) is 2.28. The number of hydrogen-bond acceptors (Lipinski definition) is 3. The fourth-order valence-corrected chi connectivity index (χ4v) is 2.38. The van der Waals surface area contributed by atoms with Gasteiger partial charge in [0.25, 0.3) is 0 Å². The molecule has 104 valence electrons. The van der Waals surface area contributed by atoms with Crippen LogP contribution in [-0.4, -0.2) is 13.1 Å². The number of carbonyl (C=O) groups excluding carboxylic acids is 1. The first-order valence-electron chi connectivity index (χ1n) is 5.96. The van der Waals surface area contributed by atoms with Crippen LogP contribution < -0.4 is 5.32 Å². The molecule has 0 amide bonds. The van der Waals surface area contributed by atoms with Crippen molar-refractivity contribution < 1.29 is 9.53 Å². The number of hydrogen-bond donors (Lipinski definition) is 1. The van der Waals surface area contributed by atoms with Crippen LogP contribution in [0, 0.1) is 0 Å². The molecular weight excluding hydrogens is 342 g/mol. The Morgan fingerprint density at radius 3 is 2.80 bits per heavy atom. The molecule has 0 aromatic heterocycles. The van der Waals surface area contributed by atoms with Crippen LogP contribution in [0.5, 0.6) is 0 Å². The number of carbonyl (C=O) groups is 1. The SMILES string of the molecule is COC(=O)c1ccc(Cl)c(NCc2cccc(Br)c2)c1. The molecule has 3 nitrogen and oxygen atoms in total. The van der Waals surface area contributed by atoms with Crippen molar-refractivity contribution in [3.63, 3.8) is 0 Å². The second-order valence-electron chi connectivity index (χ2n) is 4.17. The van der Waals surface area contributed by atoms with Crippen molar-refractivity contribution in [1.29, 1.82) is 0 Å². The minimum Gasteiger partial charge on any atom is -0.465 e. The lowest BCUT2D eigenvalue weighted by molar-refractivity contribution is 0.0601. The van der Waals surface area contributed by atoms with Gasteiger partial charge in [-0.25, -0.2) is 4.79 Å². The molecule has 0 heterocycles. The Bertz CT molecular complexity index is 631. The molecule has 5 heteroatoms. The number of rotatable bonds is 4. The molecule has 0 unspecified atom stereocenters. The maximum atomic E-state index is 11.5. The van der Waals surface area contributed by atoms with Gasteiger partial charge in [-0.2, -0.15) is 0 Å². The number of anilines is 1. The molecule has 0 saturated heterocycles. The standard InChI is InChI=1S/C15H13BrClNO2/c1-20-15(19)11-5-6-13(17)14(8-11)18-9-10-3-2-4-12(16)7-10/h2-8,18H,9H2,1H3. The van der Waals surface area contributed by atoms with E-state index in [4.69, 9.17) is 16.3 Å². The highest BCUT2D eigenvalue weighted by atomic mass is 79.9. The van der Waals surface area contributed by atoms with E-state index < -0.39 is 0 Å². The van der Waals surface area contributed by atoms with Crippen molar-refractivity contribution in [2.24, 2.45) is 0 Å². The van der Waals surface area contributed by atoms with Crippen molar-refractivity contribution in [3.05, 3.63) is 63.1 Å². The summed E-state index contributed by atoms with van der Waals surface area (Å²) >= 11 is 9.55. The van der Waals surface area contributed by atoms with E-state index in [9.17, 15) is 4.79 Å². The van der Waals surface area contributed by atoms with Gasteiger partial charge in [-0.3, -0.25) is 0 Å². The Labute approximate surface area is 131 Å². The van der Waals surface area contributed by atoms with Crippen LogP contribution >= 0.6 is 27.5 Å². The summed E-state index contributed by atoms with van der Waals surface area (Å²) in [5.74, 6) is -0.382. The molecule has 0 fully saturated rings. The van der Waals surface area contributed by atoms with E-state index in [1.165, 1.54) is 7.11 Å². The zero-order valence-corrected chi connectivity index (χ0v) is 13.2. The first kappa shape index (κ1) is 14.9. The molecule has 0 aliphatic carbocycles. The number of benzene rings is 2. The van der Waals surface area contributed by atoms with E-state index in [1.807, 2.05) is 24.3 Å². The normalized spacial score (nSPS) is 10.2. The lowest BCUT2D eigenvalue weighted by atomic mass is 10.2. The van der Waals surface area contributed by atoms with Crippen LogP contribution in [0.3, 0.4) is 0 Å². The van der Waals surface area contributed by atoms with Crippen LogP contribution in [0.4, 0.5) is 5.69 Å². The van der Waals surface area contributed by atoms with Gasteiger partial charge in [-0.15, -0.1) is 0 Å². The Kier molecular flexibility index (Phi) is 5.04. The monoisotopic (exact) mass is 353 g/mol. The summed E-state index contributed by atoms with van der Waals surface area (Å²) in [5, 5.41) is 3.78. The highest BCUT2D eigenvalue weighted by molar-refractivity contribution is 9.10. The molecule has 2 aromatic rings. The van der Waals surface area contributed by atoms with Gasteiger partial charge in [0.05, 0.1) is 23.4 Å². The van der Waals surface area contributed by atoms with E-state index in [1.54, 1.807) is 18.2 Å². The Balaban J connectivity index is 2.14. The topological polar surface area (TPSA) is 38.3 Å². The molecule has 0 spiro atoms. The summed E-state index contributed by atoms with van der Waals surface area (Å²) in [6.07, 6.45) is 0. The number of nitrogens with one attached hydrogen (secondary N) is 1. The van der Waals surface area contributed by atoms with E-state index in [2.05, 4.69) is 21.2 Å². The van der Waals surface area contributed by atoms with E-state index in [-0.39, 0.29) is 5.97 Å². The predicted molar refractivity (Wildman–Crippen MR) is 84.3 cm³/mol. The minimum atomic E-state index is -0.382. The first-order valence-corrected chi connectivity index (χ1v) is 7.13. The van der Waals surface area contributed by atoms with Crippen molar-refractivity contribution in [1.82, 2.24) is 0 Å². The van der Waals surface area contributed by atoms with Gasteiger partial charge in [-0.1, -0.05) is 39.7 Å². The molecular formula is C15H13BrClNO2. The van der Waals surface area contributed by atoms with Crippen LogP contribution in [0.25, 0.3) is 0 Å². The molecule has 20 heavy (non-hydrogen) atoms. The largest absolute Gasteiger partial charge is 0.465 e. The summed E-state index contributed by atoms with van der Waals surface area (Å²) < 4.78 is 5.71. The maximum Gasteiger partial charge on any atom is 0.337 e. The van der Waals surface area contributed by atoms with Gasteiger partial charge >= 0.3 is 5.97 Å². The smallest absolute Gasteiger partial charge is 0.337 e. The van der Waals surface area contributed by atoms with Gasteiger partial charge in [0.1, 0.15) is 0 Å². The fraction of sp³-hybridized carbons (Fsp3) is 0.133. The van der Waals surface area contributed by atoms with Crippen molar-refractivity contribution >= 4 is 39.2 Å². The third-order valence-electron chi connectivity index (χ3n) is 2.76. The molecule has 1 N–H and O–H groups in total. The first-order chi connectivity index (χ1) is 9.60. The quantitative estimate of drug-likeness (QED) is 0.822. The highest BCUT2D eigenvalue weighted by Gasteiger charge is 2.08. The Morgan fingerprint density at radius 2 is 2.10 bits per heavy atom. The number of halogens is 2. The summed E-state index contributed by atoms with van der Waals surface area (Å²) in [6.45, 7) is 0.615. The molecule has 2 rings (SSSR count). The van der Waals surface area contributed by atoms with Crippen LogP contribution in [0.2, 0.25) is 5.02 Å². The summed E-state index contributed by atoms with van der Waals surface area (Å²) in [7, 11) is 1.35. The third kappa shape index (κ3) is 3.74. The van der Waals surface area contributed by atoms with Gasteiger partial charge in [-0.05, 0) is 35.9 Å². The lowest BCUT2D eigenvalue weighted by Crippen LogP contribution is -2.04. The number of ether oxygens (including phenoxy) is 1. The molecule has 0 radical (unpaired) electrons. The Morgan fingerprint density at radius 1 is 1.30 bits per heavy atom. The van der Waals surface area contributed by atoms with Crippen LogP contribution in [-0.2, 0) is 11.3 Å². The van der Waals surface area contributed by atoms with Gasteiger partial charge < -0.3 is 10.1 Å². The average Bonchev–Trinajstić information content (AvgIpc) is 2.45. The zero-order valence-electron chi connectivity index (χ0n) is 10.8. The maximum absolute atomic E-state index is 11.5. The number of esters is 1. The van der Waals surface area contributed by atoms with Crippen LogP contribution in [0.1, 0.15) is 15.9 Å². The van der Waals surface area contributed by atoms with E-state index >= 15 is 0 Å². The average molecular weight is 355 g/mol. The van der Waals surface area contributed by atoms with Crippen LogP contribution in [0.15, 0.2) is 46.9 Å². The molecule has 0 atom stereocenters. The predicted octanol–water partition coefficient (Wildman–Crippen LogP) is 4.50. The lowest BCUT2D eigenvalue weighted by Gasteiger charge is -2.10.